The number of alkyl halides is 2. The Morgan fingerprint density at radius 2 is 1.45 bits per heavy atom. The van der Waals surface area contributed by atoms with E-state index in [1.165, 1.54) is 6.07 Å². The molecular weight excluding hydrogens is 416 g/mol. The summed E-state index contributed by atoms with van der Waals surface area (Å²) in [4.78, 5) is 22.9. The molecule has 0 amide bonds. The second-order valence-electron chi connectivity index (χ2n) is 5.03. The van der Waals surface area contributed by atoms with Crippen molar-refractivity contribution >= 4 is 43.8 Å². The molecule has 0 bridgehead atoms. The Morgan fingerprint density at radius 3 is 1.95 bits per heavy atom. The molecule has 4 nitrogen and oxygen atoms in total. The molecular formula is C16H20Br2O4. The van der Waals surface area contributed by atoms with Crippen molar-refractivity contribution in [2.45, 2.75) is 38.5 Å². The third-order valence-corrected chi connectivity index (χ3v) is 4.62. The summed E-state index contributed by atoms with van der Waals surface area (Å²) in [6, 6.07) is 3.19. The normalized spacial score (nSPS) is 10.6. The molecule has 22 heavy (non-hydrogen) atoms. The van der Waals surface area contributed by atoms with Crippen molar-refractivity contribution in [3.8, 4) is 0 Å². The highest BCUT2D eigenvalue weighted by Gasteiger charge is 2.22. The number of aryl methyl sites for hydroxylation is 1. The fourth-order valence-corrected chi connectivity index (χ4v) is 3.23. The highest BCUT2D eigenvalue weighted by Crippen LogP contribution is 2.24. The van der Waals surface area contributed by atoms with Gasteiger partial charge in [0.2, 0.25) is 0 Å². The molecule has 6 heteroatoms. The van der Waals surface area contributed by atoms with Gasteiger partial charge >= 0.3 is 11.9 Å². The Kier molecular flexibility index (Phi) is 8.71. The minimum absolute atomic E-state index is 0.0431. The number of unbranched alkanes of at least 4 members (excludes halogenated alkanes) is 2. The Bertz CT molecular complexity index is 529. The molecule has 0 saturated carbocycles. The van der Waals surface area contributed by atoms with E-state index in [1.54, 1.807) is 6.07 Å². The maximum Gasteiger partial charge on any atom is 0.336 e. The summed E-state index contributed by atoms with van der Waals surface area (Å²) in [7, 11) is 0. The van der Waals surface area contributed by atoms with Crippen LogP contribution < -0.4 is 0 Å². The summed E-state index contributed by atoms with van der Waals surface area (Å²) in [6.07, 6.45) is 5.08. The zero-order valence-electron chi connectivity index (χ0n) is 12.3. The third-order valence-electron chi connectivity index (χ3n) is 3.49. The van der Waals surface area contributed by atoms with E-state index in [-0.39, 0.29) is 11.1 Å². The van der Waals surface area contributed by atoms with Gasteiger partial charge in [-0.3, -0.25) is 0 Å². The van der Waals surface area contributed by atoms with Crippen LogP contribution in [0.1, 0.15) is 57.5 Å². The van der Waals surface area contributed by atoms with Gasteiger partial charge in [-0.1, -0.05) is 37.9 Å². The summed E-state index contributed by atoms with van der Waals surface area (Å²) in [5.74, 6) is -2.35. The fourth-order valence-electron chi connectivity index (χ4n) is 2.44. The Balaban J connectivity index is 3.21. The van der Waals surface area contributed by atoms with Gasteiger partial charge in [0.1, 0.15) is 0 Å². The zero-order chi connectivity index (χ0) is 16.5. The number of carbonyl (C=O) groups is 2. The molecule has 1 aromatic carbocycles. The molecule has 0 radical (unpaired) electrons. The van der Waals surface area contributed by atoms with Crippen molar-refractivity contribution in [3.05, 3.63) is 34.4 Å². The van der Waals surface area contributed by atoms with E-state index in [0.29, 0.717) is 12.0 Å². The topological polar surface area (TPSA) is 74.6 Å². The molecule has 1 rings (SSSR count). The molecule has 0 heterocycles. The summed E-state index contributed by atoms with van der Waals surface area (Å²) in [6.45, 7) is 0. The maximum absolute atomic E-state index is 11.6. The van der Waals surface area contributed by atoms with Crippen LogP contribution in [0.2, 0.25) is 0 Å². The van der Waals surface area contributed by atoms with Crippen LogP contribution in [0, 0.1) is 0 Å². The number of benzene rings is 1. The average molecular weight is 436 g/mol. The molecule has 2 N–H and O–H groups in total. The van der Waals surface area contributed by atoms with E-state index in [4.69, 9.17) is 0 Å². The monoisotopic (exact) mass is 434 g/mol. The lowest BCUT2D eigenvalue weighted by atomic mass is 9.90. The van der Waals surface area contributed by atoms with Gasteiger partial charge in [-0.2, -0.15) is 0 Å². The quantitative estimate of drug-likeness (QED) is 0.418. The SMILES string of the molecule is O=C(O)c1ccc(CCCCBr)c(CCCCBr)c1C(=O)O. The second kappa shape index (κ2) is 10.0. The van der Waals surface area contributed by atoms with Crippen molar-refractivity contribution < 1.29 is 19.8 Å². The van der Waals surface area contributed by atoms with Crippen molar-refractivity contribution in [1.82, 2.24) is 0 Å². The first-order chi connectivity index (χ1) is 10.5. The Morgan fingerprint density at radius 1 is 0.864 bits per heavy atom. The zero-order valence-corrected chi connectivity index (χ0v) is 15.5. The molecule has 1 aromatic rings. The number of hydrogen-bond donors (Lipinski definition) is 2. The van der Waals surface area contributed by atoms with Crippen LogP contribution in [0.25, 0.3) is 0 Å². The van der Waals surface area contributed by atoms with E-state index in [0.717, 1.165) is 48.3 Å². The molecule has 0 spiro atoms. The van der Waals surface area contributed by atoms with Gasteiger partial charge in [0.05, 0.1) is 11.1 Å². The largest absolute Gasteiger partial charge is 0.478 e. The van der Waals surface area contributed by atoms with Gasteiger partial charge in [0.15, 0.2) is 0 Å². The van der Waals surface area contributed by atoms with Crippen LogP contribution in [0.3, 0.4) is 0 Å². The molecule has 0 atom stereocenters. The third kappa shape index (κ3) is 5.39. The minimum atomic E-state index is -1.19. The standard InChI is InChI=1S/C16H20Br2O4/c17-9-3-1-5-11-7-8-13(15(19)20)14(16(21)22)12(11)6-2-4-10-18/h7-8H,1-6,9-10H2,(H,19,20)(H,21,22). The van der Waals surface area contributed by atoms with Crippen LogP contribution in [-0.2, 0) is 12.8 Å². The van der Waals surface area contributed by atoms with Gasteiger partial charge < -0.3 is 10.2 Å². The van der Waals surface area contributed by atoms with E-state index in [9.17, 15) is 19.8 Å². The van der Waals surface area contributed by atoms with E-state index < -0.39 is 11.9 Å². The lowest BCUT2D eigenvalue weighted by Crippen LogP contribution is -2.14. The lowest BCUT2D eigenvalue weighted by molar-refractivity contribution is 0.0650. The number of rotatable bonds is 10. The molecule has 0 fully saturated rings. The van der Waals surface area contributed by atoms with Gasteiger partial charge in [-0.15, -0.1) is 0 Å². The summed E-state index contributed by atoms with van der Waals surface area (Å²) < 4.78 is 0. The molecule has 0 unspecified atom stereocenters. The smallest absolute Gasteiger partial charge is 0.336 e. The predicted octanol–water partition coefficient (Wildman–Crippen LogP) is 4.52. The first-order valence-corrected chi connectivity index (χ1v) is 9.50. The number of aromatic carboxylic acids is 2. The Labute approximate surface area is 147 Å². The highest BCUT2D eigenvalue weighted by atomic mass is 79.9. The first-order valence-electron chi connectivity index (χ1n) is 7.26. The van der Waals surface area contributed by atoms with Crippen molar-refractivity contribution in [1.29, 1.82) is 0 Å². The Hall–Kier alpha value is -0.880. The molecule has 122 valence electrons. The molecule has 0 aliphatic rings. The molecule has 0 aliphatic heterocycles. The van der Waals surface area contributed by atoms with Crippen LogP contribution in [-0.4, -0.2) is 32.8 Å². The van der Waals surface area contributed by atoms with Crippen LogP contribution in [0.5, 0.6) is 0 Å². The number of carboxylic acid groups (broad SMARTS) is 2. The summed E-state index contributed by atoms with van der Waals surface area (Å²) in [5, 5.41) is 20.5. The first kappa shape index (κ1) is 19.2. The number of hydrogen-bond acceptors (Lipinski definition) is 2. The predicted molar refractivity (Wildman–Crippen MR) is 93.8 cm³/mol. The van der Waals surface area contributed by atoms with E-state index >= 15 is 0 Å². The van der Waals surface area contributed by atoms with Gasteiger partial charge in [-0.25, -0.2) is 9.59 Å². The van der Waals surface area contributed by atoms with Crippen molar-refractivity contribution in [3.63, 3.8) is 0 Å². The van der Waals surface area contributed by atoms with Gasteiger partial charge in [0, 0.05) is 10.7 Å². The number of carboxylic acids is 2. The highest BCUT2D eigenvalue weighted by molar-refractivity contribution is 9.09. The van der Waals surface area contributed by atoms with E-state index in [1.807, 2.05) is 0 Å². The van der Waals surface area contributed by atoms with Gasteiger partial charge in [0.25, 0.3) is 0 Å². The van der Waals surface area contributed by atoms with Crippen LogP contribution in [0.15, 0.2) is 12.1 Å². The molecule has 0 aliphatic carbocycles. The second-order valence-corrected chi connectivity index (χ2v) is 6.61. The van der Waals surface area contributed by atoms with E-state index in [2.05, 4.69) is 31.9 Å². The summed E-state index contributed by atoms with van der Waals surface area (Å²) >= 11 is 6.75. The van der Waals surface area contributed by atoms with Crippen molar-refractivity contribution in [2.75, 3.05) is 10.7 Å². The number of halogens is 2. The minimum Gasteiger partial charge on any atom is -0.478 e. The van der Waals surface area contributed by atoms with Crippen LogP contribution in [0.4, 0.5) is 0 Å². The summed E-state index contributed by atoms with van der Waals surface area (Å²) in [5.41, 5.74) is 1.48. The average Bonchev–Trinajstić information content (AvgIpc) is 2.47. The van der Waals surface area contributed by atoms with Crippen LogP contribution >= 0.6 is 31.9 Å². The fraction of sp³-hybridized carbons (Fsp3) is 0.500. The molecule has 0 aromatic heterocycles. The maximum atomic E-state index is 11.6. The lowest BCUT2D eigenvalue weighted by Gasteiger charge is -2.15. The van der Waals surface area contributed by atoms with Gasteiger partial charge in [-0.05, 0) is 55.7 Å². The van der Waals surface area contributed by atoms with Crippen molar-refractivity contribution in [2.24, 2.45) is 0 Å². The molecule has 0 saturated heterocycles.